The first-order valence-corrected chi connectivity index (χ1v) is 11.5. The van der Waals surface area contributed by atoms with E-state index in [4.69, 9.17) is 10.5 Å². The van der Waals surface area contributed by atoms with Crippen LogP contribution >= 0.6 is 0 Å². The van der Waals surface area contributed by atoms with Crippen molar-refractivity contribution >= 4 is 22.8 Å². The monoisotopic (exact) mass is 470 g/mol. The van der Waals surface area contributed by atoms with Crippen molar-refractivity contribution < 1.29 is 19.7 Å². The number of nitrogens with two attached hydrogens (primary N) is 1. The van der Waals surface area contributed by atoms with Crippen LogP contribution in [0.1, 0.15) is 32.4 Å². The van der Waals surface area contributed by atoms with Gasteiger partial charge >= 0.3 is 0 Å². The van der Waals surface area contributed by atoms with Crippen LogP contribution in [0.2, 0.25) is 0 Å². The van der Waals surface area contributed by atoms with Gasteiger partial charge in [0.25, 0.3) is 0 Å². The number of aryl methyl sites for hydroxylation is 1. The molecule has 0 bridgehead atoms. The van der Waals surface area contributed by atoms with Gasteiger partial charge in [-0.25, -0.2) is 9.97 Å². The Kier molecular flexibility index (Phi) is 5.98. The molecule has 12 nitrogen and oxygen atoms in total. The Morgan fingerprint density at radius 3 is 2.91 bits per heavy atom. The third-order valence-electron chi connectivity index (χ3n) is 6.61. The number of nitrogen functional groups attached to an aromatic ring is 1. The minimum atomic E-state index is -1.26. The van der Waals surface area contributed by atoms with E-state index in [9.17, 15) is 15.0 Å². The van der Waals surface area contributed by atoms with Crippen molar-refractivity contribution in [1.29, 1.82) is 0 Å². The first-order chi connectivity index (χ1) is 16.3. The highest BCUT2D eigenvalue weighted by molar-refractivity contribution is 5.99. The number of rotatable bonds is 5. The van der Waals surface area contributed by atoms with Crippen molar-refractivity contribution in [2.45, 2.75) is 62.8 Å². The number of piperidine rings is 1. The number of carbonyl (C=O) groups excluding carboxylic acids is 1. The second-order valence-corrected chi connectivity index (χ2v) is 9.18. The Hall–Kier alpha value is -3.06. The first-order valence-electron chi connectivity index (χ1n) is 11.5. The minimum Gasteiger partial charge on any atom is -0.388 e. The van der Waals surface area contributed by atoms with Crippen molar-refractivity contribution in [2.24, 2.45) is 7.05 Å². The van der Waals surface area contributed by atoms with Crippen LogP contribution in [-0.2, 0) is 16.6 Å². The van der Waals surface area contributed by atoms with Gasteiger partial charge in [0, 0.05) is 37.1 Å². The van der Waals surface area contributed by atoms with E-state index in [2.05, 4.69) is 32.6 Å². The summed E-state index contributed by atoms with van der Waals surface area (Å²) in [5.74, 6) is 0.0543. The van der Waals surface area contributed by atoms with Crippen molar-refractivity contribution in [3.63, 3.8) is 0 Å². The lowest BCUT2D eigenvalue weighted by molar-refractivity contribution is -0.126. The molecule has 3 aromatic rings. The highest BCUT2D eigenvalue weighted by atomic mass is 16.6. The molecule has 6 N–H and O–H groups in total. The number of nitrogens with zero attached hydrogens (tertiary/aromatic N) is 5. The van der Waals surface area contributed by atoms with Gasteiger partial charge in [0.2, 0.25) is 5.91 Å². The maximum atomic E-state index is 12.7. The number of aliphatic hydroxyl groups excluding tert-OH is 2. The van der Waals surface area contributed by atoms with Gasteiger partial charge < -0.3 is 35.9 Å². The number of hydrogen-bond acceptors (Lipinski definition) is 9. The summed E-state index contributed by atoms with van der Waals surface area (Å²) in [6.45, 7) is 2.93. The van der Waals surface area contributed by atoms with Gasteiger partial charge in [-0.1, -0.05) is 0 Å². The van der Waals surface area contributed by atoms with Crippen molar-refractivity contribution in [3.05, 3.63) is 24.8 Å². The Labute approximate surface area is 196 Å². The normalized spacial score (nSPS) is 29.5. The summed E-state index contributed by atoms with van der Waals surface area (Å²) < 4.78 is 9.31. The number of ether oxygens (including phenoxy) is 1. The van der Waals surface area contributed by atoms with Crippen LogP contribution in [0.4, 0.5) is 5.82 Å². The summed E-state index contributed by atoms with van der Waals surface area (Å²) in [5.41, 5.74) is 7.94. The summed E-state index contributed by atoms with van der Waals surface area (Å²) in [7, 11) is 1.81. The fraction of sp³-hybridized carbons (Fsp3) is 0.545. The molecular weight excluding hydrogens is 440 g/mol. The molecule has 2 fully saturated rings. The Bertz CT molecular complexity index is 1190. The van der Waals surface area contributed by atoms with Gasteiger partial charge in [-0.2, -0.15) is 5.10 Å². The van der Waals surface area contributed by atoms with Crippen LogP contribution in [0.25, 0.3) is 22.3 Å². The minimum absolute atomic E-state index is 0.0591. The van der Waals surface area contributed by atoms with E-state index in [0.717, 1.165) is 19.4 Å². The summed E-state index contributed by atoms with van der Waals surface area (Å²) >= 11 is 0. The highest BCUT2D eigenvalue weighted by Crippen LogP contribution is 2.38. The maximum absolute atomic E-state index is 12.7. The van der Waals surface area contributed by atoms with Gasteiger partial charge in [0.1, 0.15) is 30.0 Å². The summed E-state index contributed by atoms with van der Waals surface area (Å²) in [6.07, 6.45) is 2.18. The van der Waals surface area contributed by atoms with Crippen LogP contribution < -0.4 is 16.4 Å². The van der Waals surface area contributed by atoms with Crippen LogP contribution in [0.3, 0.4) is 0 Å². The molecule has 1 amide bonds. The fourth-order valence-corrected chi connectivity index (χ4v) is 4.92. The van der Waals surface area contributed by atoms with Crippen LogP contribution in [0.5, 0.6) is 0 Å². The number of aromatic nitrogens is 5. The van der Waals surface area contributed by atoms with E-state index in [1.807, 2.05) is 13.1 Å². The SMILES string of the molecule is C[C@@H]1C[C@@H](NC(=O)C[C@H]2O[C@@H](n3cc(-c4ccn(C)n4)c4c(N)ncnc43)[C@H](O)[C@@H]2O)CCN1. The molecule has 2 saturated heterocycles. The number of hydrogen-bond donors (Lipinski definition) is 5. The molecule has 5 rings (SSSR count). The van der Waals surface area contributed by atoms with Gasteiger partial charge in [-0.15, -0.1) is 0 Å². The molecule has 2 aliphatic heterocycles. The zero-order valence-corrected chi connectivity index (χ0v) is 19.1. The predicted octanol–water partition coefficient (Wildman–Crippen LogP) is -0.320. The quantitative estimate of drug-likeness (QED) is 0.336. The van der Waals surface area contributed by atoms with E-state index < -0.39 is 24.5 Å². The molecule has 34 heavy (non-hydrogen) atoms. The zero-order valence-electron chi connectivity index (χ0n) is 19.1. The summed E-state index contributed by atoms with van der Waals surface area (Å²) in [4.78, 5) is 21.1. The van der Waals surface area contributed by atoms with Crippen LogP contribution in [0, 0.1) is 0 Å². The smallest absolute Gasteiger partial charge is 0.222 e. The van der Waals surface area contributed by atoms with Crippen LogP contribution in [0.15, 0.2) is 24.8 Å². The van der Waals surface area contributed by atoms with Crippen LogP contribution in [-0.4, -0.2) is 77.4 Å². The Morgan fingerprint density at radius 1 is 1.35 bits per heavy atom. The lowest BCUT2D eigenvalue weighted by atomic mass is 10.00. The molecular formula is C22H30N8O4. The average Bonchev–Trinajstić information content (AvgIpc) is 3.46. The molecule has 0 unspecified atom stereocenters. The summed E-state index contributed by atoms with van der Waals surface area (Å²) in [6, 6.07) is 2.25. The zero-order chi connectivity index (χ0) is 24.0. The Morgan fingerprint density at radius 2 is 2.18 bits per heavy atom. The third-order valence-corrected chi connectivity index (χ3v) is 6.61. The second kappa shape index (κ2) is 8.95. The standard InChI is InChI=1S/C22H30N8O4/c1-11-7-12(3-5-24-11)27-16(31)8-15-18(32)19(33)22(34-15)30-9-13(14-4-6-29(2)28-14)17-20(23)25-10-26-21(17)30/h4,6,9-12,15,18-19,22,24,32-33H,3,5,7-8H2,1-2H3,(H,27,31)(H2,23,25,26)/t11-,12+,15-,18-,19-,22-/m1/s1. The third kappa shape index (κ3) is 4.13. The number of carbonyl (C=O) groups is 1. The second-order valence-electron chi connectivity index (χ2n) is 9.18. The number of anilines is 1. The molecule has 182 valence electrons. The molecule has 0 aromatic carbocycles. The maximum Gasteiger partial charge on any atom is 0.222 e. The molecule has 0 aliphatic carbocycles. The summed E-state index contributed by atoms with van der Waals surface area (Å²) in [5, 5.41) is 32.9. The largest absolute Gasteiger partial charge is 0.388 e. The predicted molar refractivity (Wildman–Crippen MR) is 123 cm³/mol. The molecule has 12 heteroatoms. The molecule has 0 radical (unpaired) electrons. The van der Waals surface area contributed by atoms with Gasteiger partial charge in [0.05, 0.1) is 23.6 Å². The topological polar surface area (TPSA) is 165 Å². The lowest BCUT2D eigenvalue weighted by Gasteiger charge is -2.29. The van der Waals surface area contributed by atoms with Gasteiger partial charge in [-0.05, 0) is 32.4 Å². The van der Waals surface area contributed by atoms with Gasteiger partial charge in [-0.3, -0.25) is 9.48 Å². The number of amides is 1. The van der Waals surface area contributed by atoms with Crippen molar-refractivity contribution in [2.75, 3.05) is 12.3 Å². The van der Waals surface area contributed by atoms with Crippen molar-refractivity contribution in [1.82, 2.24) is 34.9 Å². The average molecular weight is 471 g/mol. The Balaban J connectivity index is 1.38. The van der Waals surface area contributed by atoms with E-state index in [1.165, 1.54) is 6.33 Å². The lowest BCUT2D eigenvalue weighted by Crippen LogP contribution is -2.47. The molecule has 2 aliphatic rings. The van der Waals surface area contributed by atoms with E-state index in [1.54, 1.807) is 21.6 Å². The van der Waals surface area contributed by atoms with E-state index >= 15 is 0 Å². The molecule has 6 atom stereocenters. The van der Waals surface area contributed by atoms with E-state index in [-0.39, 0.29) is 24.2 Å². The first kappa shape index (κ1) is 22.7. The number of nitrogens with one attached hydrogen (secondary N) is 2. The van der Waals surface area contributed by atoms with E-state index in [0.29, 0.717) is 28.3 Å². The molecule has 5 heterocycles. The molecule has 3 aromatic heterocycles. The number of aliphatic hydroxyl groups is 2. The highest BCUT2D eigenvalue weighted by Gasteiger charge is 2.45. The van der Waals surface area contributed by atoms with Gasteiger partial charge in [0.15, 0.2) is 6.23 Å². The molecule has 0 spiro atoms. The fourth-order valence-electron chi connectivity index (χ4n) is 4.92. The number of fused-ring (bicyclic) bond motifs is 1. The molecule has 0 saturated carbocycles. The van der Waals surface area contributed by atoms with Crippen molar-refractivity contribution in [3.8, 4) is 11.3 Å².